The van der Waals surface area contributed by atoms with Gasteiger partial charge in [0, 0.05) is 22.2 Å². The van der Waals surface area contributed by atoms with Crippen LogP contribution < -0.4 is 10.6 Å². The molecule has 0 aromatic heterocycles. The van der Waals surface area contributed by atoms with Crippen molar-refractivity contribution in [3.05, 3.63) is 62.7 Å². The van der Waals surface area contributed by atoms with Gasteiger partial charge in [0.15, 0.2) is 0 Å². The molecule has 6 heteroatoms. The highest BCUT2D eigenvalue weighted by Crippen LogP contribution is 2.14. The first kappa shape index (κ1) is 16.8. The molecule has 4 nitrogen and oxygen atoms in total. The molecule has 2 amide bonds. The maximum atomic E-state index is 11.9. The van der Waals surface area contributed by atoms with Gasteiger partial charge in [0.05, 0.1) is 10.6 Å². The highest BCUT2D eigenvalue weighted by Gasteiger charge is 2.09. The second kappa shape index (κ2) is 8.14. The van der Waals surface area contributed by atoms with Crippen LogP contribution in [0.3, 0.4) is 0 Å². The second-order valence-electron chi connectivity index (χ2n) is 4.54. The van der Waals surface area contributed by atoms with Gasteiger partial charge in [0.25, 0.3) is 5.91 Å². The molecule has 0 aliphatic carbocycles. The summed E-state index contributed by atoms with van der Waals surface area (Å²) in [5.41, 5.74) is 1.14. The Balaban J connectivity index is 1.78. The van der Waals surface area contributed by atoms with Gasteiger partial charge < -0.3 is 10.6 Å². The van der Waals surface area contributed by atoms with Crippen molar-refractivity contribution in [1.82, 2.24) is 5.32 Å². The van der Waals surface area contributed by atoms with Crippen molar-refractivity contribution in [1.29, 1.82) is 0 Å². The zero-order chi connectivity index (χ0) is 15.9. The van der Waals surface area contributed by atoms with E-state index in [4.69, 9.17) is 11.6 Å². The minimum atomic E-state index is -0.285. The Morgan fingerprint density at radius 2 is 1.73 bits per heavy atom. The van der Waals surface area contributed by atoms with Crippen molar-refractivity contribution in [2.24, 2.45) is 0 Å². The molecule has 0 heterocycles. The molecule has 0 radical (unpaired) electrons. The van der Waals surface area contributed by atoms with E-state index in [9.17, 15) is 9.59 Å². The summed E-state index contributed by atoms with van der Waals surface area (Å²) in [5.74, 6) is -0.437. The zero-order valence-electron chi connectivity index (χ0n) is 11.6. The molecule has 0 aliphatic heterocycles. The fourth-order valence-corrected chi connectivity index (χ4v) is 2.37. The number of carbonyl (C=O) groups excluding carboxylic acids is 2. The van der Waals surface area contributed by atoms with Gasteiger partial charge >= 0.3 is 0 Å². The molecule has 0 fully saturated rings. The number of benzene rings is 2. The first-order valence-electron chi connectivity index (χ1n) is 6.64. The fraction of sp³-hybridized carbons (Fsp3) is 0.125. The van der Waals surface area contributed by atoms with Crippen LogP contribution in [0.25, 0.3) is 0 Å². The Hall–Kier alpha value is -1.60. The van der Waals surface area contributed by atoms with Gasteiger partial charge in [-0.1, -0.05) is 23.7 Å². The van der Waals surface area contributed by atoms with E-state index in [-0.39, 0.29) is 24.8 Å². The highest BCUT2D eigenvalue weighted by atomic mass is 127. The predicted octanol–water partition coefficient (Wildman–Crippen LogP) is 3.70. The quantitative estimate of drug-likeness (QED) is 0.714. The first-order valence-corrected chi connectivity index (χ1v) is 8.10. The van der Waals surface area contributed by atoms with Crippen LogP contribution in [0.2, 0.25) is 5.02 Å². The van der Waals surface area contributed by atoms with E-state index in [0.29, 0.717) is 10.6 Å². The lowest BCUT2D eigenvalue weighted by Crippen LogP contribution is -2.27. The summed E-state index contributed by atoms with van der Waals surface area (Å²) >= 11 is 8.14. The molecule has 0 aliphatic rings. The number of nitrogens with one attached hydrogen (secondary N) is 2. The summed E-state index contributed by atoms with van der Waals surface area (Å²) in [4.78, 5) is 23.7. The summed E-state index contributed by atoms with van der Waals surface area (Å²) in [6.45, 7) is 0.250. The normalized spacial score (nSPS) is 10.1. The van der Waals surface area contributed by atoms with Gasteiger partial charge in [-0.05, 0) is 59.0 Å². The van der Waals surface area contributed by atoms with Crippen molar-refractivity contribution < 1.29 is 9.59 Å². The molecule has 2 aromatic carbocycles. The molecule has 114 valence electrons. The number of rotatable bonds is 5. The maximum Gasteiger partial charge on any atom is 0.252 e. The Morgan fingerprint density at radius 1 is 1.05 bits per heavy atom. The standard InChI is InChI=1S/C16H14ClIN2O2/c17-14-4-2-1-3-13(14)16(22)19-10-9-15(21)20-12-7-5-11(18)6-8-12/h1-8H,9-10H2,(H,19,22)(H,20,21). The fourth-order valence-electron chi connectivity index (χ4n) is 1.79. The Bertz CT molecular complexity index is 674. The molecule has 2 aromatic rings. The number of halogens is 2. The van der Waals surface area contributed by atoms with Crippen molar-refractivity contribution in [2.75, 3.05) is 11.9 Å². The highest BCUT2D eigenvalue weighted by molar-refractivity contribution is 14.1. The van der Waals surface area contributed by atoms with Gasteiger partial charge in [-0.25, -0.2) is 0 Å². The van der Waals surface area contributed by atoms with Crippen LogP contribution >= 0.6 is 34.2 Å². The Morgan fingerprint density at radius 3 is 2.41 bits per heavy atom. The summed E-state index contributed by atoms with van der Waals surface area (Å²) in [7, 11) is 0. The molecule has 0 saturated heterocycles. The lowest BCUT2D eigenvalue weighted by Gasteiger charge is -2.07. The van der Waals surface area contributed by atoms with E-state index < -0.39 is 0 Å². The van der Waals surface area contributed by atoms with E-state index >= 15 is 0 Å². The average molecular weight is 429 g/mol. The third-order valence-electron chi connectivity index (χ3n) is 2.88. The van der Waals surface area contributed by atoms with Crippen LogP contribution in [-0.4, -0.2) is 18.4 Å². The van der Waals surface area contributed by atoms with Gasteiger partial charge in [0.1, 0.15) is 0 Å². The molecule has 0 saturated carbocycles. The van der Waals surface area contributed by atoms with Crippen molar-refractivity contribution in [3.63, 3.8) is 0 Å². The molecular weight excluding hydrogens is 415 g/mol. The first-order chi connectivity index (χ1) is 10.6. The van der Waals surface area contributed by atoms with Crippen LogP contribution in [0.1, 0.15) is 16.8 Å². The zero-order valence-corrected chi connectivity index (χ0v) is 14.5. The SMILES string of the molecule is O=C(CCNC(=O)c1ccccc1Cl)Nc1ccc(I)cc1. The number of hydrogen-bond acceptors (Lipinski definition) is 2. The number of hydrogen-bond donors (Lipinski definition) is 2. The monoisotopic (exact) mass is 428 g/mol. The van der Waals surface area contributed by atoms with Crippen molar-refractivity contribution >= 4 is 51.7 Å². The lowest BCUT2D eigenvalue weighted by molar-refractivity contribution is -0.116. The molecular formula is C16H14ClIN2O2. The van der Waals surface area contributed by atoms with E-state index in [0.717, 1.165) is 9.26 Å². The summed E-state index contributed by atoms with van der Waals surface area (Å²) in [6, 6.07) is 14.3. The van der Waals surface area contributed by atoms with E-state index in [1.807, 2.05) is 24.3 Å². The Labute approximate surface area is 147 Å². The smallest absolute Gasteiger partial charge is 0.252 e. The van der Waals surface area contributed by atoms with Gasteiger partial charge in [-0.3, -0.25) is 9.59 Å². The third kappa shape index (κ3) is 4.99. The molecule has 22 heavy (non-hydrogen) atoms. The van der Waals surface area contributed by atoms with Crippen molar-refractivity contribution in [3.8, 4) is 0 Å². The number of carbonyl (C=O) groups is 2. The minimum Gasteiger partial charge on any atom is -0.351 e. The van der Waals surface area contributed by atoms with Crippen molar-refractivity contribution in [2.45, 2.75) is 6.42 Å². The molecule has 2 N–H and O–H groups in total. The van der Waals surface area contributed by atoms with E-state index in [1.165, 1.54) is 0 Å². The lowest BCUT2D eigenvalue weighted by atomic mass is 10.2. The number of anilines is 1. The van der Waals surface area contributed by atoms with Gasteiger partial charge in [0.2, 0.25) is 5.91 Å². The molecule has 0 spiro atoms. The van der Waals surface area contributed by atoms with Crippen LogP contribution in [0.5, 0.6) is 0 Å². The summed E-state index contributed by atoms with van der Waals surface area (Å²) in [6.07, 6.45) is 0.197. The Kier molecular flexibility index (Phi) is 6.21. The van der Waals surface area contributed by atoms with E-state index in [1.54, 1.807) is 24.3 Å². The van der Waals surface area contributed by atoms with Gasteiger partial charge in [-0.15, -0.1) is 0 Å². The predicted molar refractivity (Wildman–Crippen MR) is 96.2 cm³/mol. The molecule has 0 unspecified atom stereocenters. The summed E-state index contributed by atoms with van der Waals surface area (Å²) in [5, 5.41) is 5.85. The van der Waals surface area contributed by atoms with Crippen LogP contribution in [-0.2, 0) is 4.79 Å². The summed E-state index contributed by atoms with van der Waals surface area (Å²) < 4.78 is 1.10. The molecule has 0 atom stereocenters. The maximum absolute atomic E-state index is 11.9. The average Bonchev–Trinajstić information content (AvgIpc) is 2.50. The van der Waals surface area contributed by atoms with Crippen LogP contribution in [0.15, 0.2) is 48.5 Å². The van der Waals surface area contributed by atoms with E-state index in [2.05, 4.69) is 33.2 Å². The van der Waals surface area contributed by atoms with Crippen LogP contribution in [0, 0.1) is 3.57 Å². The topological polar surface area (TPSA) is 58.2 Å². The molecule has 0 bridgehead atoms. The third-order valence-corrected chi connectivity index (χ3v) is 3.93. The van der Waals surface area contributed by atoms with Crippen LogP contribution in [0.4, 0.5) is 5.69 Å². The second-order valence-corrected chi connectivity index (χ2v) is 6.19. The number of amides is 2. The molecule has 2 rings (SSSR count). The largest absolute Gasteiger partial charge is 0.351 e. The van der Waals surface area contributed by atoms with Gasteiger partial charge in [-0.2, -0.15) is 0 Å². The minimum absolute atomic E-state index is 0.152.